The van der Waals surface area contributed by atoms with Crippen molar-refractivity contribution in [2.45, 2.75) is 109 Å². The molecule has 0 aromatic heterocycles. The van der Waals surface area contributed by atoms with E-state index in [0.29, 0.717) is 32.1 Å². The maximum absolute atomic E-state index is 13.7. The number of aliphatic hydroxyl groups excluding tert-OH is 1. The van der Waals surface area contributed by atoms with E-state index in [9.17, 15) is 19.5 Å². The molecule has 180 valence electrons. The fourth-order valence-corrected chi connectivity index (χ4v) is 7.53. The lowest BCUT2D eigenvalue weighted by molar-refractivity contribution is -0.294. The normalized spacial score (nSPS) is 47.5. The quantitative estimate of drug-likeness (QED) is 0.637. The minimum atomic E-state index is -1.45. The van der Waals surface area contributed by atoms with Gasteiger partial charge in [-0.05, 0) is 38.5 Å². The van der Waals surface area contributed by atoms with E-state index in [1.807, 2.05) is 13.8 Å². The summed E-state index contributed by atoms with van der Waals surface area (Å²) in [5.41, 5.74) is -4.25. The monoisotopic (exact) mass is 452 g/mol. The number of ketones is 1. The van der Waals surface area contributed by atoms with Gasteiger partial charge >= 0.3 is 11.9 Å². The van der Waals surface area contributed by atoms with Crippen LogP contribution in [0.2, 0.25) is 0 Å². The Kier molecular flexibility index (Phi) is 5.35. The largest absolute Gasteiger partial charge is 0.462 e. The van der Waals surface area contributed by atoms with Gasteiger partial charge < -0.3 is 24.1 Å². The lowest BCUT2D eigenvalue weighted by atomic mass is 9.42. The Morgan fingerprint density at radius 2 is 1.75 bits per heavy atom. The molecule has 0 aromatic carbocycles. The van der Waals surface area contributed by atoms with Crippen LogP contribution in [-0.4, -0.2) is 58.6 Å². The molecule has 1 N–H and O–H groups in total. The highest BCUT2D eigenvalue weighted by molar-refractivity contribution is 5.92. The zero-order chi connectivity index (χ0) is 23.7. The lowest BCUT2D eigenvalue weighted by Crippen LogP contribution is -2.75. The van der Waals surface area contributed by atoms with Crippen molar-refractivity contribution in [3.05, 3.63) is 0 Å². The van der Waals surface area contributed by atoms with Gasteiger partial charge in [-0.1, -0.05) is 20.8 Å². The van der Waals surface area contributed by atoms with Crippen molar-refractivity contribution in [1.29, 1.82) is 0 Å². The zero-order valence-electron chi connectivity index (χ0n) is 20.0. The number of hydrogen-bond acceptors (Lipinski definition) is 8. The molecule has 0 radical (unpaired) electrons. The van der Waals surface area contributed by atoms with Crippen molar-refractivity contribution in [3.63, 3.8) is 0 Å². The number of carbonyl (C=O) groups is 3. The van der Waals surface area contributed by atoms with Gasteiger partial charge in [0.25, 0.3) is 0 Å². The molecule has 4 rings (SSSR count). The highest BCUT2D eigenvalue weighted by Gasteiger charge is 2.77. The van der Waals surface area contributed by atoms with E-state index in [0.717, 1.165) is 0 Å². The minimum absolute atomic E-state index is 0.147. The van der Waals surface area contributed by atoms with Crippen LogP contribution in [0.15, 0.2) is 0 Å². The van der Waals surface area contributed by atoms with E-state index >= 15 is 0 Å². The summed E-state index contributed by atoms with van der Waals surface area (Å²) in [5, 5.41) is 10.1. The molecule has 2 aliphatic heterocycles. The third-order valence-corrected chi connectivity index (χ3v) is 9.10. The van der Waals surface area contributed by atoms with Crippen molar-refractivity contribution in [2.75, 3.05) is 6.61 Å². The molecule has 2 aliphatic carbocycles. The molecule has 4 aliphatic rings. The smallest absolute Gasteiger partial charge is 0.303 e. The average Bonchev–Trinajstić information content (AvgIpc) is 3.23. The van der Waals surface area contributed by atoms with E-state index in [-0.39, 0.29) is 36.8 Å². The van der Waals surface area contributed by atoms with Crippen LogP contribution >= 0.6 is 0 Å². The average molecular weight is 453 g/mol. The predicted octanol–water partition coefficient (Wildman–Crippen LogP) is 2.68. The summed E-state index contributed by atoms with van der Waals surface area (Å²) in [5.74, 6) is -1.18. The summed E-state index contributed by atoms with van der Waals surface area (Å²) in [6.45, 7) is 10.9. The van der Waals surface area contributed by atoms with E-state index in [1.165, 1.54) is 13.8 Å². The molecule has 2 spiro atoms. The lowest BCUT2D eigenvalue weighted by Gasteiger charge is -2.66. The molecule has 4 fully saturated rings. The van der Waals surface area contributed by atoms with Crippen LogP contribution < -0.4 is 0 Å². The van der Waals surface area contributed by atoms with Crippen LogP contribution in [0.3, 0.4) is 0 Å². The second-order valence-corrected chi connectivity index (χ2v) is 11.3. The van der Waals surface area contributed by atoms with Gasteiger partial charge in [0.15, 0.2) is 17.7 Å². The molecule has 0 aromatic rings. The molecule has 8 heteroatoms. The number of carbonyl (C=O) groups excluding carboxylic acids is 3. The van der Waals surface area contributed by atoms with Crippen molar-refractivity contribution in [3.8, 4) is 0 Å². The number of fused-ring (bicyclic) bond motifs is 2. The van der Waals surface area contributed by atoms with Crippen LogP contribution in [0, 0.1) is 16.7 Å². The first-order valence-corrected chi connectivity index (χ1v) is 11.6. The first-order valence-electron chi connectivity index (χ1n) is 11.6. The number of hydrogen-bond donors (Lipinski definition) is 1. The Balaban J connectivity index is 1.83. The summed E-state index contributed by atoms with van der Waals surface area (Å²) >= 11 is 0. The molecule has 2 saturated carbocycles. The summed E-state index contributed by atoms with van der Waals surface area (Å²) in [6.07, 6.45) is 1.70. The van der Waals surface area contributed by atoms with Gasteiger partial charge in [-0.25, -0.2) is 0 Å². The Morgan fingerprint density at radius 3 is 2.31 bits per heavy atom. The maximum Gasteiger partial charge on any atom is 0.303 e. The molecule has 2 heterocycles. The fraction of sp³-hybridized carbons (Fsp3) is 0.875. The van der Waals surface area contributed by atoms with Crippen molar-refractivity contribution in [1.82, 2.24) is 0 Å². The molecule has 7 atom stereocenters. The van der Waals surface area contributed by atoms with Gasteiger partial charge in [0, 0.05) is 37.5 Å². The van der Waals surface area contributed by atoms with E-state index < -0.39 is 39.9 Å². The summed E-state index contributed by atoms with van der Waals surface area (Å²) in [4.78, 5) is 37.7. The Hall–Kier alpha value is -1.51. The van der Waals surface area contributed by atoms with Gasteiger partial charge in [0.1, 0.15) is 11.7 Å². The standard InChI is InChI=1S/C24H36O8/c1-14(25)30-18-7-8-21(5)16(20(18,3)4)11-17(27)22(6,31-15(2)26)24(21)10-9-23(32-24)12-19(28)29-13-23/h16,18-19,28H,7-13H2,1-6H3/t16-,18+,19?,21-,22-,23-,24-/m0/s1. The number of esters is 2. The second-order valence-electron chi connectivity index (χ2n) is 11.3. The van der Waals surface area contributed by atoms with E-state index in [1.54, 1.807) is 6.92 Å². The predicted molar refractivity (Wildman–Crippen MR) is 112 cm³/mol. The third-order valence-electron chi connectivity index (χ3n) is 9.10. The van der Waals surface area contributed by atoms with Crippen molar-refractivity contribution < 1.29 is 38.4 Å². The Bertz CT molecular complexity index is 838. The highest BCUT2D eigenvalue weighted by atomic mass is 16.7. The molecular formula is C24H36O8. The van der Waals surface area contributed by atoms with Gasteiger partial charge in [-0.2, -0.15) is 0 Å². The molecular weight excluding hydrogens is 416 g/mol. The summed E-state index contributed by atoms with van der Waals surface area (Å²) < 4.78 is 23.8. The van der Waals surface area contributed by atoms with Crippen molar-refractivity contribution >= 4 is 17.7 Å². The van der Waals surface area contributed by atoms with Crippen LogP contribution in [0.1, 0.15) is 80.1 Å². The van der Waals surface area contributed by atoms with Gasteiger partial charge in [-0.15, -0.1) is 0 Å². The highest BCUT2D eigenvalue weighted by Crippen LogP contribution is 2.69. The molecule has 1 unspecified atom stereocenters. The number of rotatable bonds is 2. The van der Waals surface area contributed by atoms with Crippen LogP contribution in [-0.2, 0) is 33.3 Å². The number of aliphatic hydroxyl groups is 1. The first kappa shape index (κ1) is 23.6. The van der Waals surface area contributed by atoms with E-state index in [4.69, 9.17) is 18.9 Å². The molecule has 32 heavy (non-hydrogen) atoms. The zero-order valence-corrected chi connectivity index (χ0v) is 20.0. The third kappa shape index (κ3) is 3.09. The van der Waals surface area contributed by atoms with Crippen molar-refractivity contribution in [2.24, 2.45) is 16.7 Å². The minimum Gasteiger partial charge on any atom is -0.462 e. The van der Waals surface area contributed by atoms with Crippen LogP contribution in [0.25, 0.3) is 0 Å². The van der Waals surface area contributed by atoms with Crippen LogP contribution in [0.5, 0.6) is 0 Å². The number of Topliss-reactive ketones (excluding diaryl/α,β-unsaturated/α-hetero) is 1. The Labute approximate surface area is 189 Å². The first-order chi connectivity index (χ1) is 14.7. The van der Waals surface area contributed by atoms with E-state index in [2.05, 4.69) is 6.92 Å². The summed E-state index contributed by atoms with van der Waals surface area (Å²) in [7, 11) is 0. The molecule has 0 bridgehead atoms. The second kappa shape index (κ2) is 7.24. The van der Waals surface area contributed by atoms with Gasteiger partial charge in [-0.3, -0.25) is 14.4 Å². The Morgan fingerprint density at radius 1 is 1.06 bits per heavy atom. The molecule has 8 nitrogen and oxygen atoms in total. The van der Waals surface area contributed by atoms with Crippen LogP contribution in [0.4, 0.5) is 0 Å². The molecule has 0 amide bonds. The maximum atomic E-state index is 13.7. The SMILES string of the molecule is CC(=O)O[C@@H]1CC[C@@]2(C)[C@@H](CC(=O)[C@](C)(OC(C)=O)[C@]23CC[C@]2(COC(O)C2)O3)C1(C)C. The molecule has 2 saturated heterocycles. The number of ether oxygens (including phenoxy) is 4. The summed E-state index contributed by atoms with van der Waals surface area (Å²) in [6, 6.07) is 0. The topological polar surface area (TPSA) is 108 Å². The fourth-order valence-electron chi connectivity index (χ4n) is 7.53. The van der Waals surface area contributed by atoms with Gasteiger partial charge in [0.2, 0.25) is 0 Å². The van der Waals surface area contributed by atoms with Gasteiger partial charge in [0.05, 0.1) is 12.2 Å².